The molecule has 0 heteroatoms. The summed E-state index contributed by atoms with van der Waals surface area (Å²) in [4.78, 5) is 0. The van der Waals surface area contributed by atoms with Gasteiger partial charge in [0.2, 0.25) is 0 Å². The summed E-state index contributed by atoms with van der Waals surface area (Å²) >= 11 is 0. The smallest absolute Gasteiger partial charge is 0.0187 e. The second-order valence-electron chi connectivity index (χ2n) is 5.12. The Morgan fingerprint density at radius 2 is 1.55 bits per heavy atom. The summed E-state index contributed by atoms with van der Waals surface area (Å²) < 4.78 is 0. The van der Waals surface area contributed by atoms with E-state index in [9.17, 15) is 0 Å². The summed E-state index contributed by atoms with van der Waals surface area (Å²) in [6, 6.07) is 21.0. The van der Waals surface area contributed by atoms with Crippen LogP contribution in [-0.2, 0) is 0 Å². The van der Waals surface area contributed by atoms with Gasteiger partial charge >= 0.3 is 0 Å². The number of hydrogen-bond acceptors (Lipinski definition) is 0. The van der Waals surface area contributed by atoms with Crippen molar-refractivity contribution in [3.05, 3.63) is 83.9 Å². The van der Waals surface area contributed by atoms with E-state index >= 15 is 0 Å². The van der Waals surface area contributed by atoms with Gasteiger partial charge in [0.1, 0.15) is 0 Å². The van der Waals surface area contributed by atoms with Crippen molar-refractivity contribution in [2.75, 3.05) is 0 Å². The Bertz CT molecular complexity index is 562. The van der Waals surface area contributed by atoms with Gasteiger partial charge in [-0.2, -0.15) is 0 Å². The van der Waals surface area contributed by atoms with E-state index in [-0.39, 0.29) is 0 Å². The molecule has 0 spiro atoms. The minimum Gasteiger partial charge on any atom is -0.0738 e. The second kappa shape index (κ2) is 7.49. The Labute approximate surface area is 122 Å². The number of hydrogen-bond donors (Lipinski definition) is 0. The molecule has 0 saturated heterocycles. The normalized spacial score (nSPS) is 13.6. The van der Waals surface area contributed by atoms with Crippen LogP contribution in [0, 0.1) is 5.92 Å². The van der Waals surface area contributed by atoms with E-state index in [1.807, 2.05) is 6.07 Å². The van der Waals surface area contributed by atoms with Crippen molar-refractivity contribution < 1.29 is 0 Å². The molecule has 20 heavy (non-hydrogen) atoms. The first-order valence-corrected chi connectivity index (χ1v) is 7.30. The van der Waals surface area contributed by atoms with E-state index < -0.39 is 0 Å². The van der Waals surface area contributed by atoms with E-state index in [0.29, 0.717) is 5.92 Å². The number of rotatable bonds is 5. The molecule has 0 N–H and O–H groups in total. The van der Waals surface area contributed by atoms with E-state index in [2.05, 4.69) is 86.7 Å². The fraction of sp³-hybridized carbons (Fsp3) is 0.200. The lowest BCUT2D eigenvalue weighted by Crippen LogP contribution is -1.89. The molecule has 2 aromatic carbocycles. The highest BCUT2D eigenvalue weighted by molar-refractivity contribution is 5.78. The molecule has 0 radical (unpaired) electrons. The average molecular weight is 262 g/mol. The van der Waals surface area contributed by atoms with Gasteiger partial charge in [-0.05, 0) is 22.6 Å². The van der Waals surface area contributed by atoms with E-state index in [4.69, 9.17) is 0 Å². The van der Waals surface area contributed by atoms with Crippen LogP contribution in [0.15, 0.2) is 72.8 Å². The fourth-order valence-corrected chi connectivity index (χ4v) is 2.05. The summed E-state index contributed by atoms with van der Waals surface area (Å²) in [7, 11) is 0. The van der Waals surface area contributed by atoms with Crippen molar-refractivity contribution in [2.24, 2.45) is 5.92 Å². The molecule has 0 nitrogen and oxygen atoms in total. The van der Waals surface area contributed by atoms with Crippen LogP contribution in [0.3, 0.4) is 0 Å². The quantitative estimate of drug-likeness (QED) is 0.595. The highest BCUT2D eigenvalue weighted by Gasteiger charge is 2.00. The molecule has 0 bridgehead atoms. The van der Waals surface area contributed by atoms with Crippen LogP contribution in [0.2, 0.25) is 0 Å². The summed E-state index contributed by atoms with van der Waals surface area (Å²) in [5.74, 6) is 0.589. The standard InChI is InChI=1S/C20H22/c1-3-17(2)16-20(19-12-8-5-9-13-19)15-14-18-10-6-4-7-11-18/h4-17H,3H2,1-2H3/b15-14?,20-16-. The van der Waals surface area contributed by atoms with Crippen LogP contribution < -0.4 is 0 Å². The van der Waals surface area contributed by atoms with Crippen LogP contribution in [0.4, 0.5) is 0 Å². The maximum absolute atomic E-state index is 2.36. The molecule has 0 heterocycles. The maximum atomic E-state index is 2.36. The van der Waals surface area contributed by atoms with Gasteiger partial charge in [0.25, 0.3) is 0 Å². The second-order valence-corrected chi connectivity index (χ2v) is 5.12. The molecule has 102 valence electrons. The highest BCUT2D eigenvalue weighted by atomic mass is 14.1. The van der Waals surface area contributed by atoms with E-state index in [1.54, 1.807) is 0 Å². The fourth-order valence-electron chi connectivity index (χ4n) is 2.05. The largest absolute Gasteiger partial charge is 0.0738 e. The predicted octanol–water partition coefficient (Wildman–Crippen LogP) is 5.83. The first-order valence-electron chi connectivity index (χ1n) is 7.30. The summed E-state index contributed by atoms with van der Waals surface area (Å²) in [6.45, 7) is 4.49. The van der Waals surface area contributed by atoms with Crippen LogP contribution in [0.25, 0.3) is 11.6 Å². The van der Waals surface area contributed by atoms with Gasteiger partial charge in [0, 0.05) is 0 Å². The van der Waals surface area contributed by atoms with Crippen LogP contribution in [0.1, 0.15) is 31.4 Å². The molecule has 0 fully saturated rings. The number of benzene rings is 2. The third-order valence-electron chi connectivity index (χ3n) is 3.47. The lowest BCUT2D eigenvalue weighted by Gasteiger charge is -2.07. The van der Waals surface area contributed by atoms with Crippen LogP contribution >= 0.6 is 0 Å². The molecule has 0 aliphatic rings. The summed E-state index contributed by atoms with van der Waals surface area (Å²) in [5.41, 5.74) is 3.81. The predicted molar refractivity (Wildman–Crippen MR) is 89.4 cm³/mol. The lowest BCUT2D eigenvalue weighted by molar-refractivity contribution is 0.700. The van der Waals surface area contributed by atoms with Gasteiger partial charge in [-0.25, -0.2) is 0 Å². The zero-order valence-corrected chi connectivity index (χ0v) is 12.3. The van der Waals surface area contributed by atoms with Crippen molar-refractivity contribution in [1.82, 2.24) is 0 Å². The molecule has 2 aromatic rings. The zero-order valence-electron chi connectivity index (χ0n) is 12.3. The Hall–Kier alpha value is -2.08. The average Bonchev–Trinajstić information content (AvgIpc) is 2.53. The van der Waals surface area contributed by atoms with Crippen molar-refractivity contribution >= 4 is 11.6 Å². The van der Waals surface area contributed by atoms with Crippen LogP contribution in [0.5, 0.6) is 0 Å². The van der Waals surface area contributed by atoms with Crippen molar-refractivity contribution in [1.29, 1.82) is 0 Å². The lowest BCUT2D eigenvalue weighted by atomic mass is 9.98. The first-order chi connectivity index (χ1) is 9.79. The Morgan fingerprint density at radius 3 is 2.15 bits per heavy atom. The monoisotopic (exact) mass is 262 g/mol. The molecular weight excluding hydrogens is 240 g/mol. The number of allylic oxidation sites excluding steroid dienone is 3. The molecule has 0 amide bonds. The SMILES string of the molecule is CCC(C)/C=C(/C=Cc1ccccc1)c1ccccc1. The van der Waals surface area contributed by atoms with Gasteiger partial charge < -0.3 is 0 Å². The molecule has 1 unspecified atom stereocenters. The topological polar surface area (TPSA) is 0 Å². The molecule has 0 aromatic heterocycles. The molecule has 1 atom stereocenters. The molecular formula is C20H22. The van der Waals surface area contributed by atoms with Crippen molar-refractivity contribution in [2.45, 2.75) is 20.3 Å². The summed E-state index contributed by atoms with van der Waals surface area (Å²) in [5, 5.41) is 0. The van der Waals surface area contributed by atoms with Gasteiger partial charge in [-0.1, -0.05) is 99.2 Å². The minimum absolute atomic E-state index is 0.589. The molecule has 0 aliphatic carbocycles. The minimum atomic E-state index is 0.589. The summed E-state index contributed by atoms with van der Waals surface area (Å²) in [6.07, 6.45) is 7.92. The third-order valence-corrected chi connectivity index (χ3v) is 3.47. The first kappa shape index (κ1) is 14.3. The van der Waals surface area contributed by atoms with E-state index in [1.165, 1.54) is 16.7 Å². The van der Waals surface area contributed by atoms with Crippen LogP contribution in [-0.4, -0.2) is 0 Å². The van der Waals surface area contributed by atoms with E-state index in [0.717, 1.165) is 6.42 Å². The maximum Gasteiger partial charge on any atom is -0.0187 e. The van der Waals surface area contributed by atoms with Crippen molar-refractivity contribution in [3.8, 4) is 0 Å². The van der Waals surface area contributed by atoms with Gasteiger partial charge in [0.15, 0.2) is 0 Å². The van der Waals surface area contributed by atoms with Gasteiger partial charge in [-0.15, -0.1) is 0 Å². The molecule has 0 saturated carbocycles. The van der Waals surface area contributed by atoms with Gasteiger partial charge in [-0.3, -0.25) is 0 Å². The van der Waals surface area contributed by atoms with Gasteiger partial charge in [0.05, 0.1) is 0 Å². The highest BCUT2D eigenvalue weighted by Crippen LogP contribution is 2.20. The zero-order chi connectivity index (χ0) is 14.2. The Balaban J connectivity index is 2.28. The third kappa shape index (κ3) is 4.24. The Morgan fingerprint density at radius 1 is 0.950 bits per heavy atom. The van der Waals surface area contributed by atoms with Crippen molar-refractivity contribution in [3.63, 3.8) is 0 Å². The molecule has 0 aliphatic heterocycles. The molecule has 2 rings (SSSR count). The Kier molecular flexibility index (Phi) is 5.37.